The number of aromatic nitrogens is 1. The molecule has 1 fully saturated rings. The fraction of sp³-hybridized carbons (Fsp3) is 0.300. The van der Waals surface area contributed by atoms with Crippen LogP contribution in [-0.2, 0) is 14.6 Å². The Balaban J connectivity index is 1.42. The van der Waals surface area contributed by atoms with E-state index in [0.29, 0.717) is 47.0 Å². The third-order valence-electron chi connectivity index (χ3n) is 5.30. The lowest BCUT2D eigenvalue weighted by Crippen LogP contribution is -2.38. The number of para-hydroxylation sites is 2. The van der Waals surface area contributed by atoms with E-state index in [2.05, 4.69) is 10.3 Å². The Labute approximate surface area is 182 Å². The van der Waals surface area contributed by atoms with Crippen LogP contribution in [0.1, 0.15) is 12.8 Å². The number of amides is 1. The molecule has 11 heteroatoms. The van der Waals surface area contributed by atoms with Gasteiger partial charge in [0.05, 0.1) is 20.0 Å². The van der Waals surface area contributed by atoms with Gasteiger partial charge < -0.3 is 10.2 Å². The van der Waals surface area contributed by atoms with E-state index in [0.717, 1.165) is 6.26 Å². The highest BCUT2D eigenvalue weighted by Gasteiger charge is 2.28. The van der Waals surface area contributed by atoms with Gasteiger partial charge in [-0.3, -0.25) is 14.9 Å². The zero-order valence-electron chi connectivity index (χ0n) is 16.6. The summed E-state index contributed by atoms with van der Waals surface area (Å²) in [6, 6.07) is 11.3. The van der Waals surface area contributed by atoms with E-state index in [4.69, 9.17) is 0 Å². The average molecular weight is 461 g/mol. The van der Waals surface area contributed by atoms with Gasteiger partial charge >= 0.3 is 0 Å². The molecule has 1 amide bonds. The summed E-state index contributed by atoms with van der Waals surface area (Å²) in [6.07, 6.45) is 2.29. The number of hydrogen-bond acceptors (Lipinski definition) is 8. The maximum absolute atomic E-state index is 12.7. The van der Waals surface area contributed by atoms with Gasteiger partial charge in [-0.05, 0) is 37.1 Å². The Morgan fingerprint density at radius 2 is 1.94 bits per heavy atom. The van der Waals surface area contributed by atoms with Gasteiger partial charge in [0.1, 0.15) is 5.69 Å². The van der Waals surface area contributed by atoms with Crippen LogP contribution in [0.15, 0.2) is 47.4 Å². The van der Waals surface area contributed by atoms with Gasteiger partial charge in [-0.2, -0.15) is 0 Å². The molecule has 3 aromatic rings. The number of nitrogens with one attached hydrogen (secondary N) is 1. The van der Waals surface area contributed by atoms with Gasteiger partial charge in [-0.1, -0.05) is 23.5 Å². The van der Waals surface area contributed by atoms with E-state index in [1.165, 1.54) is 23.5 Å². The highest BCUT2D eigenvalue weighted by molar-refractivity contribution is 7.90. The molecule has 1 saturated heterocycles. The number of nitro benzene ring substituents is 1. The zero-order chi connectivity index (χ0) is 22.2. The second-order valence-electron chi connectivity index (χ2n) is 7.42. The van der Waals surface area contributed by atoms with Gasteiger partial charge in [0.15, 0.2) is 15.0 Å². The quantitative estimate of drug-likeness (QED) is 0.457. The van der Waals surface area contributed by atoms with Crippen LogP contribution in [-0.4, -0.2) is 43.6 Å². The fourth-order valence-electron chi connectivity index (χ4n) is 3.67. The fourth-order valence-corrected chi connectivity index (χ4v) is 5.29. The predicted octanol–water partition coefficient (Wildman–Crippen LogP) is 3.46. The van der Waals surface area contributed by atoms with E-state index < -0.39 is 14.8 Å². The molecule has 9 nitrogen and oxygen atoms in total. The van der Waals surface area contributed by atoms with Crippen molar-refractivity contribution in [1.29, 1.82) is 0 Å². The third kappa shape index (κ3) is 4.52. The number of anilines is 2. The number of rotatable bonds is 5. The van der Waals surface area contributed by atoms with Crippen LogP contribution in [0.4, 0.5) is 16.5 Å². The number of nitrogens with zero attached hydrogens (tertiary/aromatic N) is 3. The van der Waals surface area contributed by atoms with E-state index >= 15 is 0 Å². The average Bonchev–Trinajstić information content (AvgIpc) is 3.14. The molecule has 1 aromatic heterocycles. The second-order valence-corrected chi connectivity index (χ2v) is 10.5. The minimum atomic E-state index is -3.32. The number of thiazole rings is 1. The maximum atomic E-state index is 12.7. The molecule has 0 unspecified atom stereocenters. The van der Waals surface area contributed by atoms with E-state index in [9.17, 15) is 23.3 Å². The van der Waals surface area contributed by atoms with Gasteiger partial charge in [0.2, 0.25) is 5.91 Å². The summed E-state index contributed by atoms with van der Waals surface area (Å²) in [4.78, 5) is 30.1. The predicted molar refractivity (Wildman–Crippen MR) is 119 cm³/mol. The summed E-state index contributed by atoms with van der Waals surface area (Å²) in [5.41, 5.74) is 1.26. The van der Waals surface area contributed by atoms with Crippen molar-refractivity contribution in [3.8, 4) is 0 Å². The molecular formula is C20H20N4O5S2. The molecule has 4 rings (SSSR count). The number of fused-ring (bicyclic) bond motifs is 1. The molecule has 2 heterocycles. The Hall–Kier alpha value is -3.05. The summed E-state index contributed by atoms with van der Waals surface area (Å²) >= 11 is 1.23. The molecule has 1 N–H and O–H groups in total. The van der Waals surface area contributed by atoms with Crippen LogP contribution in [0.2, 0.25) is 0 Å². The highest BCUT2D eigenvalue weighted by atomic mass is 32.2. The number of benzene rings is 2. The second kappa shape index (κ2) is 8.23. The highest BCUT2D eigenvalue weighted by Crippen LogP contribution is 2.32. The van der Waals surface area contributed by atoms with Crippen LogP contribution >= 0.6 is 11.3 Å². The van der Waals surface area contributed by atoms with Crippen LogP contribution in [0.3, 0.4) is 0 Å². The maximum Gasteiger partial charge on any atom is 0.292 e. The molecule has 0 radical (unpaired) electrons. The van der Waals surface area contributed by atoms with Crippen LogP contribution in [0.25, 0.3) is 10.2 Å². The molecule has 162 valence electrons. The van der Waals surface area contributed by atoms with Crippen molar-refractivity contribution in [2.75, 3.05) is 29.6 Å². The number of carbonyl (C=O) groups is 1. The van der Waals surface area contributed by atoms with Crippen molar-refractivity contribution in [2.45, 2.75) is 17.7 Å². The lowest BCUT2D eigenvalue weighted by molar-refractivity contribution is -0.384. The molecule has 0 aliphatic carbocycles. The van der Waals surface area contributed by atoms with Crippen molar-refractivity contribution < 1.29 is 18.1 Å². The normalized spacial score (nSPS) is 15.2. The standard InChI is InChI=1S/C20H20N4O5S2/c1-31(28,29)14-6-7-15-18(12-14)30-20(21-15)22-19(25)13-8-10-23(11-9-13)16-4-2-3-5-17(16)24(26)27/h2-7,12-13H,8-11H2,1H3,(H,21,22,25). The number of sulfone groups is 1. The largest absolute Gasteiger partial charge is 0.366 e. The Bertz CT molecular complexity index is 1260. The van der Waals surface area contributed by atoms with Crippen LogP contribution < -0.4 is 10.2 Å². The third-order valence-corrected chi connectivity index (χ3v) is 7.35. The first-order valence-corrected chi connectivity index (χ1v) is 12.3. The van der Waals surface area contributed by atoms with Gasteiger partial charge in [-0.25, -0.2) is 13.4 Å². The molecular weight excluding hydrogens is 440 g/mol. The van der Waals surface area contributed by atoms with Crippen molar-refractivity contribution >= 4 is 53.8 Å². The van der Waals surface area contributed by atoms with Crippen molar-refractivity contribution in [3.05, 3.63) is 52.6 Å². The summed E-state index contributed by atoms with van der Waals surface area (Å²) in [7, 11) is -3.32. The van der Waals surface area contributed by atoms with Crippen LogP contribution in [0.5, 0.6) is 0 Å². The topological polar surface area (TPSA) is 123 Å². The lowest BCUT2D eigenvalue weighted by Gasteiger charge is -2.32. The Kier molecular flexibility index (Phi) is 5.63. The van der Waals surface area contributed by atoms with Crippen LogP contribution in [0, 0.1) is 16.0 Å². The lowest BCUT2D eigenvalue weighted by atomic mass is 9.95. The molecule has 31 heavy (non-hydrogen) atoms. The number of nitro groups is 1. The molecule has 0 atom stereocenters. The minimum Gasteiger partial charge on any atom is -0.366 e. The SMILES string of the molecule is CS(=O)(=O)c1ccc2nc(NC(=O)C3CCN(c4ccccc4[N+](=O)[O-])CC3)sc2c1. The van der Waals surface area contributed by atoms with Gasteiger partial charge in [0, 0.05) is 31.3 Å². The van der Waals surface area contributed by atoms with Gasteiger partial charge in [-0.15, -0.1) is 0 Å². The van der Waals surface area contributed by atoms with Crippen molar-refractivity contribution in [1.82, 2.24) is 4.98 Å². The number of piperidine rings is 1. The monoisotopic (exact) mass is 460 g/mol. The van der Waals surface area contributed by atoms with Gasteiger partial charge in [0.25, 0.3) is 5.69 Å². The molecule has 1 aliphatic heterocycles. The Morgan fingerprint density at radius 1 is 1.23 bits per heavy atom. The number of carbonyl (C=O) groups excluding carboxylic acids is 1. The first-order valence-electron chi connectivity index (χ1n) is 9.62. The summed E-state index contributed by atoms with van der Waals surface area (Å²) in [5.74, 6) is -0.373. The smallest absolute Gasteiger partial charge is 0.292 e. The first-order chi connectivity index (χ1) is 14.7. The summed E-state index contributed by atoms with van der Waals surface area (Å²) in [5, 5.41) is 14.5. The Morgan fingerprint density at radius 3 is 2.61 bits per heavy atom. The molecule has 2 aromatic carbocycles. The molecule has 0 bridgehead atoms. The molecule has 0 saturated carbocycles. The van der Waals surface area contributed by atoms with E-state index in [-0.39, 0.29) is 22.4 Å². The zero-order valence-corrected chi connectivity index (χ0v) is 18.3. The summed E-state index contributed by atoms with van der Waals surface area (Å²) in [6.45, 7) is 1.08. The van der Waals surface area contributed by atoms with E-state index in [1.807, 2.05) is 4.90 Å². The first kappa shape index (κ1) is 21.2. The summed E-state index contributed by atoms with van der Waals surface area (Å²) < 4.78 is 24.1. The van der Waals surface area contributed by atoms with E-state index in [1.54, 1.807) is 30.3 Å². The molecule has 0 spiro atoms. The molecule has 1 aliphatic rings. The number of hydrogen-bond donors (Lipinski definition) is 1. The van der Waals surface area contributed by atoms with Crippen molar-refractivity contribution in [3.63, 3.8) is 0 Å². The minimum absolute atomic E-state index is 0.0633. The van der Waals surface area contributed by atoms with Crippen molar-refractivity contribution in [2.24, 2.45) is 5.92 Å².